The van der Waals surface area contributed by atoms with Gasteiger partial charge < -0.3 is 5.73 Å². The molecule has 0 fully saturated rings. The molecule has 0 atom stereocenters. The van der Waals surface area contributed by atoms with Crippen molar-refractivity contribution in [3.8, 4) is 11.8 Å². The average Bonchev–Trinajstić information content (AvgIpc) is 2.33. The standard InChI is InChI=1S/C13H19N3O2S/c1-11(2)16-19(17,18)15-10-13-6-3-5-12(9-13)7-4-8-14/h3,5-6,9,11,15-16H,8,10,14H2,1-2H3. The molecular weight excluding hydrogens is 262 g/mol. The Bertz CT molecular complexity index is 571. The maximum atomic E-state index is 11.6. The zero-order valence-corrected chi connectivity index (χ0v) is 11.9. The van der Waals surface area contributed by atoms with E-state index in [1.165, 1.54) is 0 Å². The second-order valence-corrected chi connectivity index (χ2v) is 5.83. The van der Waals surface area contributed by atoms with Gasteiger partial charge in [0.15, 0.2) is 0 Å². The number of nitrogens with two attached hydrogens (primary N) is 1. The highest BCUT2D eigenvalue weighted by molar-refractivity contribution is 7.87. The highest BCUT2D eigenvalue weighted by Gasteiger charge is 2.10. The average molecular weight is 281 g/mol. The molecule has 0 aliphatic carbocycles. The molecule has 0 unspecified atom stereocenters. The molecule has 0 spiro atoms. The van der Waals surface area contributed by atoms with E-state index in [1.54, 1.807) is 13.8 Å². The van der Waals surface area contributed by atoms with Gasteiger partial charge in [-0.25, -0.2) is 0 Å². The Balaban J connectivity index is 2.68. The van der Waals surface area contributed by atoms with Gasteiger partial charge in [0, 0.05) is 18.2 Å². The van der Waals surface area contributed by atoms with Gasteiger partial charge in [0.2, 0.25) is 0 Å². The molecule has 0 amide bonds. The quantitative estimate of drug-likeness (QED) is 0.680. The fourth-order valence-corrected chi connectivity index (χ4v) is 2.50. The maximum absolute atomic E-state index is 11.6. The summed E-state index contributed by atoms with van der Waals surface area (Å²) in [5, 5.41) is 0. The molecule has 4 N–H and O–H groups in total. The third-order valence-corrected chi connectivity index (χ3v) is 3.43. The van der Waals surface area contributed by atoms with Gasteiger partial charge in [-0.2, -0.15) is 17.9 Å². The van der Waals surface area contributed by atoms with Crippen LogP contribution in [-0.2, 0) is 16.8 Å². The number of rotatable bonds is 5. The minimum Gasteiger partial charge on any atom is -0.320 e. The van der Waals surface area contributed by atoms with Gasteiger partial charge in [0.25, 0.3) is 10.2 Å². The van der Waals surface area contributed by atoms with Crippen LogP contribution in [0.1, 0.15) is 25.0 Å². The van der Waals surface area contributed by atoms with Crippen molar-refractivity contribution in [2.24, 2.45) is 5.73 Å². The van der Waals surface area contributed by atoms with Crippen molar-refractivity contribution in [1.29, 1.82) is 0 Å². The van der Waals surface area contributed by atoms with Gasteiger partial charge >= 0.3 is 0 Å². The van der Waals surface area contributed by atoms with Crippen LogP contribution in [0.15, 0.2) is 24.3 Å². The molecule has 104 valence electrons. The van der Waals surface area contributed by atoms with E-state index in [9.17, 15) is 8.42 Å². The molecule has 5 nitrogen and oxygen atoms in total. The normalized spacial score (nSPS) is 11.2. The summed E-state index contributed by atoms with van der Waals surface area (Å²) in [4.78, 5) is 0. The highest BCUT2D eigenvalue weighted by Crippen LogP contribution is 2.04. The lowest BCUT2D eigenvalue weighted by Crippen LogP contribution is -2.39. The predicted molar refractivity (Wildman–Crippen MR) is 76.4 cm³/mol. The van der Waals surface area contributed by atoms with Crippen molar-refractivity contribution in [1.82, 2.24) is 9.44 Å². The predicted octanol–water partition coefficient (Wildman–Crippen LogP) is 0.329. The van der Waals surface area contributed by atoms with Gasteiger partial charge in [-0.15, -0.1) is 0 Å². The van der Waals surface area contributed by atoms with Crippen molar-refractivity contribution >= 4 is 10.2 Å². The van der Waals surface area contributed by atoms with Crippen LogP contribution < -0.4 is 15.2 Å². The summed E-state index contributed by atoms with van der Waals surface area (Å²) < 4.78 is 28.1. The molecule has 0 saturated heterocycles. The van der Waals surface area contributed by atoms with Gasteiger partial charge in [-0.05, 0) is 31.5 Å². The van der Waals surface area contributed by atoms with Crippen LogP contribution in [0.25, 0.3) is 0 Å². The summed E-state index contributed by atoms with van der Waals surface area (Å²) in [5.41, 5.74) is 6.97. The SMILES string of the molecule is CC(C)NS(=O)(=O)NCc1cccc(C#CCN)c1. The van der Waals surface area contributed by atoms with Crippen molar-refractivity contribution in [2.45, 2.75) is 26.4 Å². The number of hydrogen-bond acceptors (Lipinski definition) is 3. The van der Waals surface area contributed by atoms with Gasteiger partial charge in [-0.1, -0.05) is 24.0 Å². The van der Waals surface area contributed by atoms with Gasteiger partial charge in [0.1, 0.15) is 0 Å². The fourth-order valence-electron chi connectivity index (χ4n) is 1.44. The summed E-state index contributed by atoms with van der Waals surface area (Å²) in [7, 11) is -3.46. The molecule has 1 aromatic carbocycles. The lowest BCUT2D eigenvalue weighted by Gasteiger charge is -2.10. The topological polar surface area (TPSA) is 84.2 Å². The molecule has 1 rings (SSSR count). The molecule has 0 saturated carbocycles. The Hall–Kier alpha value is -1.39. The molecule has 0 bridgehead atoms. The monoisotopic (exact) mass is 281 g/mol. The molecule has 0 aromatic heterocycles. The van der Waals surface area contributed by atoms with Crippen molar-refractivity contribution in [3.63, 3.8) is 0 Å². The Labute approximate surface area is 114 Å². The summed E-state index contributed by atoms with van der Waals surface area (Å²) >= 11 is 0. The van der Waals surface area contributed by atoms with Gasteiger partial charge in [-0.3, -0.25) is 0 Å². The van der Waals surface area contributed by atoms with Crippen LogP contribution in [0, 0.1) is 11.8 Å². The fraction of sp³-hybridized carbons (Fsp3) is 0.385. The second kappa shape index (κ2) is 7.26. The van der Waals surface area contributed by atoms with Crippen LogP contribution in [-0.4, -0.2) is 21.0 Å². The van der Waals surface area contributed by atoms with E-state index < -0.39 is 10.2 Å². The zero-order chi connectivity index (χ0) is 14.3. The van der Waals surface area contributed by atoms with Crippen LogP contribution in [0.4, 0.5) is 0 Å². The second-order valence-electron chi connectivity index (χ2n) is 4.30. The summed E-state index contributed by atoms with van der Waals surface area (Å²) in [6.45, 7) is 4.06. The Morgan fingerprint density at radius 2 is 2.11 bits per heavy atom. The van der Waals surface area contributed by atoms with Crippen LogP contribution in [0.2, 0.25) is 0 Å². The minimum atomic E-state index is -3.46. The summed E-state index contributed by atoms with van der Waals surface area (Å²) in [6, 6.07) is 7.22. The third kappa shape index (κ3) is 6.36. The number of hydrogen-bond donors (Lipinski definition) is 3. The first kappa shape index (κ1) is 15.7. The molecule has 1 aromatic rings. The molecule has 19 heavy (non-hydrogen) atoms. The molecule has 6 heteroatoms. The first-order valence-electron chi connectivity index (χ1n) is 5.98. The van der Waals surface area contributed by atoms with Crippen LogP contribution in [0.3, 0.4) is 0 Å². The maximum Gasteiger partial charge on any atom is 0.277 e. The van der Waals surface area contributed by atoms with Crippen molar-refractivity contribution < 1.29 is 8.42 Å². The van der Waals surface area contributed by atoms with E-state index in [0.29, 0.717) is 6.54 Å². The van der Waals surface area contributed by atoms with Crippen LogP contribution in [0.5, 0.6) is 0 Å². The van der Waals surface area contributed by atoms with Crippen LogP contribution >= 0.6 is 0 Å². The molecule has 0 radical (unpaired) electrons. The first-order chi connectivity index (χ1) is 8.93. The number of nitrogens with one attached hydrogen (secondary N) is 2. The Kier molecular flexibility index (Phi) is 5.99. The summed E-state index contributed by atoms with van der Waals surface area (Å²) in [6.07, 6.45) is 0. The highest BCUT2D eigenvalue weighted by atomic mass is 32.2. The van der Waals surface area contributed by atoms with E-state index in [1.807, 2.05) is 24.3 Å². The first-order valence-corrected chi connectivity index (χ1v) is 7.46. The lowest BCUT2D eigenvalue weighted by molar-refractivity contribution is 0.554. The zero-order valence-electron chi connectivity index (χ0n) is 11.1. The van der Waals surface area contributed by atoms with Gasteiger partial charge in [0.05, 0.1) is 6.54 Å². The minimum absolute atomic E-state index is 0.140. The lowest BCUT2D eigenvalue weighted by atomic mass is 10.1. The van der Waals surface area contributed by atoms with E-state index in [-0.39, 0.29) is 12.6 Å². The van der Waals surface area contributed by atoms with Crippen molar-refractivity contribution in [3.05, 3.63) is 35.4 Å². The Morgan fingerprint density at radius 3 is 2.74 bits per heavy atom. The summed E-state index contributed by atoms with van der Waals surface area (Å²) in [5.74, 6) is 5.66. The molecular formula is C13H19N3O2S. The van der Waals surface area contributed by atoms with E-state index in [2.05, 4.69) is 21.3 Å². The van der Waals surface area contributed by atoms with Crippen molar-refractivity contribution in [2.75, 3.05) is 6.54 Å². The van der Waals surface area contributed by atoms with E-state index in [0.717, 1.165) is 11.1 Å². The molecule has 0 aliphatic rings. The molecule has 0 heterocycles. The number of benzene rings is 1. The smallest absolute Gasteiger partial charge is 0.277 e. The molecule has 0 aliphatic heterocycles. The Morgan fingerprint density at radius 1 is 1.37 bits per heavy atom. The third-order valence-electron chi connectivity index (χ3n) is 2.12. The van der Waals surface area contributed by atoms with E-state index >= 15 is 0 Å². The van der Waals surface area contributed by atoms with E-state index in [4.69, 9.17) is 5.73 Å². The largest absolute Gasteiger partial charge is 0.320 e.